The fraction of sp³-hybridized carbons (Fsp3) is 0.136. The van der Waals surface area contributed by atoms with Gasteiger partial charge in [0.1, 0.15) is 6.04 Å². The molecule has 0 aliphatic heterocycles. The summed E-state index contributed by atoms with van der Waals surface area (Å²) in [6, 6.07) is 16.3. The fourth-order valence-electron chi connectivity index (χ4n) is 3.35. The molecule has 0 radical (unpaired) electrons. The summed E-state index contributed by atoms with van der Waals surface area (Å²) in [5.74, 6) is -0.543. The van der Waals surface area contributed by atoms with Crippen molar-refractivity contribution in [3.05, 3.63) is 78.1 Å². The lowest BCUT2D eigenvalue weighted by Crippen LogP contribution is -2.47. The molecule has 2 heterocycles. The van der Waals surface area contributed by atoms with Gasteiger partial charge in [-0.05, 0) is 29.8 Å². The molecule has 0 aliphatic carbocycles. The van der Waals surface area contributed by atoms with Crippen molar-refractivity contribution < 1.29 is 9.59 Å². The molecule has 0 spiro atoms. The van der Waals surface area contributed by atoms with E-state index in [1.165, 1.54) is 0 Å². The zero-order valence-electron chi connectivity index (χ0n) is 15.4. The van der Waals surface area contributed by atoms with Gasteiger partial charge in [-0.25, -0.2) is 0 Å². The molecule has 140 valence electrons. The molecule has 4 rings (SSSR count). The first kappa shape index (κ1) is 17.7. The number of hydrogen-bond acceptors (Lipinski definition) is 3. The van der Waals surface area contributed by atoms with Gasteiger partial charge in [-0.1, -0.05) is 30.3 Å². The molecule has 2 aromatic heterocycles. The van der Waals surface area contributed by atoms with Crippen LogP contribution in [-0.4, -0.2) is 34.9 Å². The smallest absolute Gasteiger partial charge is 0.252 e. The van der Waals surface area contributed by atoms with Crippen molar-refractivity contribution in [3.8, 4) is 0 Å². The Bertz CT molecular complexity index is 1170. The lowest BCUT2D eigenvalue weighted by molar-refractivity contribution is -0.122. The van der Waals surface area contributed by atoms with Gasteiger partial charge in [0, 0.05) is 47.7 Å². The van der Waals surface area contributed by atoms with Gasteiger partial charge in [0.2, 0.25) is 5.91 Å². The van der Waals surface area contributed by atoms with Crippen LogP contribution in [0.25, 0.3) is 21.8 Å². The highest BCUT2D eigenvalue weighted by atomic mass is 16.2. The van der Waals surface area contributed by atoms with Crippen LogP contribution in [0.3, 0.4) is 0 Å². The molecule has 3 N–H and O–H groups in total. The van der Waals surface area contributed by atoms with Crippen LogP contribution in [0.2, 0.25) is 0 Å². The normalized spacial score (nSPS) is 12.0. The van der Waals surface area contributed by atoms with Crippen molar-refractivity contribution in [2.45, 2.75) is 12.5 Å². The zero-order valence-corrected chi connectivity index (χ0v) is 15.4. The Labute approximate surface area is 162 Å². The van der Waals surface area contributed by atoms with Crippen LogP contribution >= 0.6 is 0 Å². The third-order valence-corrected chi connectivity index (χ3v) is 4.84. The van der Waals surface area contributed by atoms with Gasteiger partial charge in [-0.2, -0.15) is 0 Å². The van der Waals surface area contributed by atoms with E-state index in [9.17, 15) is 9.59 Å². The average Bonchev–Trinajstić information content (AvgIpc) is 3.15. The number of rotatable bonds is 5. The van der Waals surface area contributed by atoms with Gasteiger partial charge in [-0.15, -0.1) is 0 Å². The number of carbonyl (C=O) groups is 2. The lowest BCUT2D eigenvalue weighted by Gasteiger charge is -2.17. The number of aromatic nitrogens is 2. The standard InChI is InChI=1S/C22H20N4O2/c1-23-22(28)20(12-16-13-25-18-7-3-2-6-17(16)18)26-21(27)15-9-8-14-5-4-10-24-19(14)11-15/h2-11,13,20,25H,12H2,1H3,(H,23,28)(H,26,27)/t20-/m0/s1. The second kappa shape index (κ2) is 7.52. The molecule has 0 bridgehead atoms. The molecule has 0 saturated carbocycles. The molecule has 6 nitrogen and oxygen atoms in total. The number of H-pyrrole nitrogens is 1. The molecule has 0 aliphatic rings. The van der Waals surface area contributed by atoms with Crippen molar-refractivity contribution in [1.82, 2.24) is 20.6 Å². The number of nitrogens with one attached hydrogen (secondary N) is 3. The summed E-state index contributed by atoms with van der Waals surface area (Å²) in [4.78, 5) is 32.7. The fourth-order valence-corrected chi connectivity index (χ4v) is 3.35. The van der Waals surface area contributed by atoms with Crippen molar-refractivity contribution in [3.63, 3.8) is 0 Å². The summed E-state index contributed by atoms with van der Waals surface area (Å²) in [6.07, 6.45) is 3.96. The van der Waals surface area contributed by atoms with Crippen molar-refractivity contribution in [1.29, 1.82) is 0 Å². The van der Waals surface area contributed by atoms with Crippen LogP contribution in [-0.2, 0) is 11.2 Å². The molecule has 6 heteroatoms. The third-order valence-electron chi connectivity index (χ3n) is 4.84. The highest BCUT2D eigenvalue weighted by Gasteiger charge is 2.22. The van der Waals surface area contributed by atoms with Gasteiger partial charge in [0.05, 0.1) is 5.52 Å². The largest absolute Gasteiger partial charge is 0.361 e. The molecule has 0 saturated heterocycles. The molecule has 28 heavy (non-hydrogen) atoms. The van der Waals surface area contributed by atoms with E-state index >= 15 is 0 Å². The first-order valence-electron chi connectivity index (χ1n) is 9.08. The number of hydrogen-bond donors (Lipinski definition) is 3. The Kier molecular flexibility index (Phi) is 4.76. The number of nitrogens with zero attached hydrogens (tertiary/aromatic N) is 1. The van der Waals surface area contributed by atoms with Crippen LogP contribution in [0.4, 0.5) is 0 Å². The first-order valence-corrected chi connectivity index (χ1v) is 9.08. The number of aromatic amines is 1. The third kappa shape index (κ3) is 3.44. The second-order valence-corrected chi connectivity index (χ2v) is 6.61. The number of benzene rings is 2. The van der Waals surface area contributed by atoms with E-state index in [2.05, 4.69) is 20.6 Å². The van der Waals surface area contributed by atoms with E-state index in [1.807, 2.05) is 48.7 Å². The number of likely N-dealkylation sites (N-methyl/N-ethyl adjacent to an activating group) is 1. The quantitative estimate of drug-likeness (QED) is 0.503. The molecule has 2 amide bonds. The van der Waals surface area contributed by atoms with Gasteiger partial charge in [0.25, 0.3) is 5.91 Å². The Morgan fingerprint density at radius 2 is 1.96 bits per heavy atom. The molecule has 0 fully saturated rings. The predicted octanol–water partition coefficient (Wildman–Crippen LogP) is 2.80. The zero-order chi connectivity index (χ0) is 19.5. The predicted molar refractivity (Wildman–Crippen MR) is 109 cm³/mol. The maximum Gasteiger partial charge on any atom is 0.252 e. The molecule has 1 atom stereocenters. The van der Waals surface area contributed by atoms with Gasteiger partial charge in [-0.3, -0.25) is 14.6 Å². The van der Waals surface area contributed by atoms with Crippen LogP contribution < -0.4 is 10.6 Å². The Balaban J connectivity index is 1.58. The summed E-state index contributed by atoms with van der Waals surface area (Å²) < 4.78 is 0. The monoisotopic (exact) mass is 372 g/mol. The van der Waals surface area contributed by atoms with Gasteiger partial charge < -0.3 is 15.6 Å². The maximum atomic E-state index is 12.8. The molecular formula is C22H20N4O2. The van der Waals surface area contributed by atoms with E-state index in [-0.39, 0.29) is 11.8 Å². The van der Waals surface area contributed by atoms with Crippen molar-refractivity contribution in [2.24, 2.45) is 0 Å². The molecule has 0 unspecified atom stereocenters. The van der Waals surface area contributed by atoms with Crippen molar-refractivity contribution in [2.75, 3.05) is 7.05 Å². The number of amides is 2. The van der Waals surface area contributed by atoms with E-state index in [1.54, 1.807) is 25.4 Å². The minimum atomic E-state index is -0.684. The summed E-state index contributed by atoms with van der Waals surface area (Å²) in [5, 5.41) is 7.50. The van der Waals surface area contributed by atoms with Crippen LogP contribution in [0.15, 0.2) is 67.0 Å². The highest BCUT2D eigenvalue weighted by Crippen LogP contribution is 2.19. The molecule has 4 aromatic rings. The van der Waals surface area contributed by atoms with E-state index in [4.69, 9.17) is 0 Å². The number of para-hydroxylation sites is 1. The average molecular weight is 372 g/mol. The van der Waals surface area contributed by atoms with Gasteiger partial charge >= 0.3 is 0 Å². The summed E-state index contributed by atoms with van der Waals surface area (Å²) >= 11 is 0. The van der Waals surface area contributed by atoms with Crippen LogP contribution in [0.5, 0.6) is 0 Å². The van der Waals surface area contributed by atoms with E-state index < -0.39 is 6.04 Å². The summed E-state index contributed by atoms with van der Waals surface area (Å²) in [5.41, 5.74) is 3.19. The topological polar surface area (TPSA) is 86.9 Å². The Morgan fingerprint density at radius 3 is 2.82 bits per heavy atom. The maximum absolute atomic E-state index is 12.8. The van der Waals surface area contributed by atoms with E-state index in [0.717, 1.165) is 27.4 Å². The molecular weight excluding hydrogens is 352 g/mol. The van der Waals surface area contributed by atoms with Crippen molar-refractivity contribution >= 4 is 33.6 Å². The highest BCUT2D eigenvalue weighted by molar-refractivity contribution is 6.00. The minimum Gasteiger partial charge on any atom is -0.361 e. The second-order valence-electron chi connectivity index (χ2n) is 6.61. The number of fused-ring (bicyclic) bond motifs is 2. The first-order chi connectivity index (χ1) is 13.7. The van der Waals surface area contributed by atoms with Crippen LogP contribution in [0.1, 0.15) is 15.9 Å². The Hall–Kier alpha value is -3.67. The minimum absolute atomic E-state index is 0.238. The lowest BCUT2D eigenvalue weighted by atomic mass is 10.0. The number of carbonyl (C=O) groups excluding carboxylic acids is 2. The molecule has 2 aromatic carbocycles. The number of pyridine rings is 1. The summed E-state index contributed by atoms with van der Waals surface area (Å²) in [6.45, 7) is 0. The summed E-state index contributed by atoms with van der Waals surface area (Å²) in [7, 11) is 1.57. The van der Waals surface area contributed by atoms with E-state index in [0.29, 0.717) is 12.0 Å². The SMILES string of the molecule is CNC(=O)[C@H](Cc1c[nH]c2ccccc12)NC(=O)c1ccc2cccnc2c1. The Morgan fingerprint density at radius 1 is 1.11 bits per heavy atom. The van der Waals surface area contributed by atoms with Crippen LogP contribution in [0, 0.1) is 0 Å². The van der Waals surface area contributed by atoms with Gasteiger partial charge in [0.15, 0.2) is 0 Å².